The SMILES string of the molecule is Br.Fc1ccccc1.[CH2-]C.[Zn]. The molecule has 0 atom stereocenters. The molecular weight excluding hydrogens is 260 g/mol. The number of hydrogen-bond acceptors (Lipinski definition) is 0. The molecule has 0 fully saturated rings. The third kappa shape index (κ3) is 10.3. The van der Waals surface area contributed by atoms with Gasteiger partial charge in [0.05, 0.1) is 0 Å². The predicted molar refractivity (Wildman–Crippen MR) is 47.8 cm³/mol. The van der Waals surface area contributed by atoms with E-state index in [1.54, 1.807) is 25.1 Å². The van der Waals surface area contributed by atoms with E-state index in [9.17, 15) is 4.39 Å². The number of halogens is 2. The van der Waals surface area contributed by atoms with Crippen molar-refractivity contribution in [3.8, 4) is 0 Å². The molecule has 0 saturated heterocycles. The Morgan fingerprint density at radius 3 is 1.64 bits per heavy atom. The zero-order valence-electron chi connectivity index (χ0n) is 6.59. The van der Waals surface area contributed by atoms with Crippen LogP contribution in [0, 0.1) is 12.7 Å². The second kappa shape index (κ2) is 12.9. The normalized spacial score (nSPS) is 6.09. The minimum atomic E-state index is -0.178. The molecule has 0 aromatic heterocycles. The molecule has 0 spiro atoms. The minimum absolute atomic E-state index is 0. The summed E-state index contributed by atoms with van der Waals surface area (Å²) in [5, 5.41) is 0. The van der Waals surface area contributed by atoms with Crippen LogP contribution >= 0.6 is 17.0 Å². The van der Waals surface area contributed by atoms with Crippen LogP contribution in [0.25, 0.3) is 0 Å². The number of benzene rings is 1. The first kappa shape index (κ1) is 17.4. The Hall–Kier alpha value is 0.253. The predicted octanol–water partition coefficient (Wildman–Crippen LogP) is 3.24. The van der Waals surface area contributed by atoms with Gasteiger partial charge in [0, 0.05) is 19.5 Å². The summed E-state index contributed by atoms with van der Waals surface area (Å²) >= 11 is 0. The van der Waals surface area contributed by atoms with E-state index in [2.05, 4.69) is 6.92 Å². The van der Waals surface area contributed by atoms with Crippen molar-refractivity contribution in [3.05, 3.63) is 43.1 Å². The summed E-state index contributed by atoms with van der Waals surface area (Å²) in [6.45, 7) is 5.00. The Kier molecular flexibility index (Phi) is 20.4. The molecule has 1 aromatic rings. The molecule has 0 aliphatic rings. The van der Waals surface area contributed by atoms with Gasteiger partial charge in [-0.25, -0.2) is 4.39 Å². The molecule has 0 aliphatic heterocycles. The summed E-state index contributed by atoms with van der Waals surface area (Å²) in [4.78, 5) is 0. The van der Waals surface area contributed by atoms with Gasteiger partial charge in [-0.2, -0.15) is 6.92 Å². The maximum Gasteiger partial charge on any atom is 0.123 e. The van der Waals surface area contributed by atoms with Crippen LogP contribution in [0.1, 0.15) is 6.92 Å². The minimum Gasteiger partial charge on any atom is -0.346 e. The molecule has 3 heteroatoms. The van der Waals surface area contributed by atoms with Crippen molar-refractivity contribution in [1.29, 1.82) is 0 Å². The Morgan fingerprint density at radius 1 is 1.09 bits per heavy atom. The summed E-state index contributed by atoms with van der Waals surface area (Å²) < 4.78 is 11.9. The monoisotopic (exact) mass is 269 g/mol. The van der Waals surface area contributed by atoms with Crippen LogP contribution in [-0.2, 0) is 19.5 Å². The third-order valence-corrected chi connectivity index (χ3v) is 0.733. The zero-order chi connectivity index (χ0) is 7.11. The van der Waals surface area contributed by atoms with E-state index in [1.807, 2.05) is 0 Å². The molecule has 0 heterocycles. The van der Waals surface area contributed by atoms with Crippen LogP contribution in [0.2, 0.25) is 0 Å². The standard InChI is InChI=1S/C6H5F.C2H5.BrH.Zn/c7-6-4-2-1-3-5-6;1-2;;/h1-5H;1H2,2H3;1H;/q;-1;;. The van der Waals surface area contributed by atoms with Gasteiger partial charge in [-0.05, 0) is 12.1 Å². The van der Waals surface area contributed by atoms with E-state index in [1.165, 1.54) is 12.1 Å². The molecule has 1 aromatic carbocycles. The fourth-order valence-corrected chi connectivity index (χ4v) is 0.415. The quantitative estimate of drug-likeness (QED) is 0.502. The van der Waals surface area contributed by atoms with Crippen molar-refractivity contribution in [3.63, 3.8) is 0 Å². The van der Waals surface area contributed by atoms with Crippen LogP contribution in [-0.4, -0.2) is 0 Å². The average molecular weight is 271 g/mol. The first-order chi connectivity index (χ1) is 4.39. The molecule has 11 heavy (non-hydrogen) atoms. The van der Waals surface area contributed by atoms with Crippen molar-refractivity contribution in [2.75, 3.05) is 0 Å². The summed E-state index contributed by atoms with van der Waals surface area (Å²) in [6.07, 6.45) is 0. The Morgan fingerprint density at radius 2 is 1.45 bits per heavy atom. The zero-order valence-corrected chi connectivity index (χ0v) is 11.3. The van der Waals surface area contributed by atoms with Crippen molar-refractivity contribution < 1.29 is 23.9 Å². The van der Waals surface area contributed by atoms with Gasteiger partial charge in [0.1, 0.15) is 5.82 Å². The Labute approximate surface area is 90.7 Å². The topological polar surface area (TPSA) is 0 Å². The maximum absolute atomic E-state index is 11.9. The van der Waals surface area contributed by atoms with Crippen LogP contribution in [0.15, 0.2) is 30.3 Å². The molecule has 0 amide bonds. The summed E-state index contributed by atoms with van der Waals surface area (Å²) in [6, 6.07) is 7.94. The van der Waals surface area contributed by atoms with E-state index in [0.29, 0.717) is 0 Å². The summed E-state index contributed by atoms with van der Waals surface area (Å²) in [5.41, 5.74) is 0. The molecule has 60 valence electrons. The van der Waals surface area contributed by atoms with E-state index in [0.717, 1.165) is 0 Å². The van der Waals surface area contributed by atoms with Gasteiger partial charge >= 0.3 is 0 Å². The third-order valence-electron chi connectivity index (χ3n) is 0.733. The molecule has 1 rings (SSSR count). The van der Waals surface area contributed by atoms with Crippen LogP contribution in [0.4, 0.5) is 4.39 Å². The molecule has 0 aliphatic carbocycles. The second-order valence-corrected chi connectivity index (χ2v) is 1.30. The molecule has 0 radical (unpaired) electrons. The Bertz CT molecular complexity index is 144. The molecular formula is C8H11BrFZn-. The van der Waals surface area contributed by atoms with Crippen molar-refractivity contribution in [2.24, 2.45) is 0 Å². The number of hydrogen-bond donors (Lipinski definition) is 0. The van der Waals surface area contributed by atoms with Gasteiger partial charge in [0.2, 0.25) is 0 Å². The van der Waals surface area contributed by atoms with Crippen molar-refractivity contribution in [2.45, 2.75) is 6.92 Å². The molecule has 0 N–H and O–H groups in total. The summed E-state index contributed by atoms with van der Waals surface area (Å²) in [7, 11) is 0. The molecule has 0 saturated carbocycles. The van der Waals surface area contributed by atoms with Gasteiger partial charge in [-0.15, -0.1) is 17.0 Å². The van der Waals surface area contributed by atoms with Crippen LogP contribution in [0.3, 0.4) is 0 Å². The van der Waals surface area contributed by atoms with E-state index < -0.39 is 0 Å². The first-order valence-electron chi connectivity index (χ1n) is 2.81. The van der Waals surface area contributed by atoms with Gasteiger partial charge in [0.25, 0.3) is 0 Å². The van der Waals surface area contributed by atoms with Crippen molar-refractivity contribution >= 4 is 17.0 Å². The van der Waals surface area contributed by atoms with E-state index in [-0.39, 0.29) is 42.3 Å². The van der Waals surface area contributed by atoms with E-state index in [4.69, 9.17) is 0 Å². The van der Waals surface area contributed by atoms with E-state index >= 15 is 0 Å². The second-order valence-electron chi connectivity index (χ2n) is 1.30. The first-order valence-corrected chi connectivity index (χ1v) is 2.81. The van der Waals surface area contributed by atoms with Crippen LogP contribution in [0.5, 0.6) is 0 Å². The largest absolute Gasteiger partial charge is 0.346 e. The van der Waals surface area contributed by atoms with Gasteiger partial charge in [-0.1, -0.05) is 18.2 Å². The number of rotatable bonds is 0. The fourth-order valence-electron chi connectivity index (χ4n) is 0.415. The fraction of sp³-hybridized carbons (Fsp3) is 0.125. The maximum atomic E-state index is 11.9. The van der Waals surface area contributed by atoms with Crippen LogP contribution < -0.4 is 0 Å². The molecule has 0 nitrogen and oxygen atoms in total. The molecule has 0 bridgehead atoms. The van der Waals surface area contributed by atoms with Gasteiger partial charge in [-0.3, -0.25) is 0 Å². The summed E-state index contributed by atoms with van der Waals surface area (Å²) in [5.74, 6) is -0.178. The molecule has 0 unspecified atom stereocenters. The van der Waals surface area contributed by atoms with Gasteiger partial charge in [0.15, 0.2) is 0 Å². The smallest absolute Gasteiger partial charge is 0.123 e. The average Bonchev–Trinajstić information content (AvgIpc) is 1.94. The van der Waals surface area contributed by atoms with Gasteiger partial charge < -0.3 is 6.92 Å². The van der Waals surface area contributed by atoms with Crippen molar-refractivity contribution in [1.82, 2.24) is 0 Å². The Balaban J connectivity index is -0.000000149.